The van der Waals surface area contributed by atoms with Gasteiger partial charge in [0.25, 0.3) is 5.91 Å². The Balaban J connectivity index is 1.18. The number of likely N-dealkylation sites (tertiary alicyclic amines) is 1. The third-order valence-electron chi connectivity index (χ3n) is 9.80. The van der Waals surface area contributed by atoms with Crippen molar-refractivity contribution in [2.24, 2.45) is 5.92 Å². The number of benzene rings is 2. The monoisotopic (exact) mass is 502 g/mol. The molecule has 6 nitrogen and oxygen atoms in total. The van der Waals surface area contributed by atoms with Crippen LogP contribution in [-0.2, 0) is 11.8 Å². The van der Waals surface area contributed by atoms with Crippen molar-refractivity contribution in [2.75, 3.05) is 13.1 Å². The van der Waals surface area contributed by atoms with E-state index in [1.807, 2.05) is 29.6 Å². The van der Waals surface area contributed by atoms with E-state index in [0.717, 1.165) is 47.5 Å². The molecular weight excluding hydrogens is 472 g/mol. The number of ether oxygens (including phenoxy) is 1. The molecule has 1 saturated heterocycles. The first-order chi connectivity index (χ1) is 17.5. The van der Waals surface area contributed by atoms with Gasteiger partial charge in [0.05, 0.1) is 17.1 Å². The van der Waals surface area contributed by atoms with Crippen LogP contribution in [0.5, 0.6) is 11.5 Å². The number of hydrogen-bond acceptors (Lipinski definition) is 6. The summed E-state index contributed by atoms with van der Waals surface area (Å²) >= 11 is 1.63. The molecule has 2 aliphatic heterocycles. The molecule has 0 unspecified atom stereocenters. The molecule has 1 aromatic heterocycles. The number of aromatic hydroxyl groups is 1. The molecule has 0 radical (unpaired) electrons. The Hall–Kier alpha value is -2.61. The fourth-order valence-corrected chi connectivity index (χ4v) is 8.81. The molecular formula is C29H30N2O4S. The van der Waals surface area contributed by atoms with Gasteiger partial charge in [0.15, 0.2) is 11.5 Å². The average Bonchev–Trinajstić information content (AvgIpc) is 3.42. The van der Waals surface area contributed by atoms with Gasteiger partial charge in [0.1, 0.15) is 6.10 Å². The van der Waals surface area contributed by atoms with E-state index in [4.69, 9.17) is 4.74 Å². The number of rotatable bonds is 4. The van der Waals surface area contributed by atoms with Crippen molar-refractivity contribution in [2.45, 2.75) is 67.7 Å². The third-order valence-corrected chi connectivity index (χ3v) is 10.7. The Kier molecular flexibility index (Phi) is 4.32. The molecule has 2 saturated carbocycles. The number of thiophene rings is 1. The first-order valence-corrected chi connectivity index (χ1v) is 14.1. The summed E-state index contributed by atoms with van der Waals surface area (Å²) in [5.74, 6) is 1.30. The summed E-state index contributed by atoms with van der Waals surface area (Å²) < 4.78 is 7.66. The summed E-state index contributed by atoms with van der Waals surface area (Å²) in [6.45, 7) is 1.97. The highest BCUT2D eigenvalue weighted by molar-refractivity contribution is 7.17. The van der Waals surface area contributed by atoms with Crippen molar-refractivity contribution in [1.82, 2.24) is 10.2 Å². The van der Waals surface area contributed by atoms with E-state index in [0.29, 0.717) is 24.2 Å². The fraction of sp³-hybridized carbons (Fsp3) is 0.483. The summed E-state index contributed by atoms with van der Waals surface area (Å²) in [7, 11) is 0. The van der Waals surface area contributed by atoms with Gasteiger partial charge in [0, 0.05) is 28.4 Å². The number of carbonyl (C=O) groups is 1. The lowest BCUT2D eigenvalue weighted by Gasteiger charge is -2.64. The van der Waals surface area contributed by atoms with Crippen molar-refractivity contribution < 1.29 is 19.7 Å². The summed E-state index contributed by atoms with van der Waals surface area (Å²) in [5.41, 5.74) is 1.26. The summed E-state index contributed by atoms with van der Waals surface area (Å²) in [6, 6.07) is 11.4. The molecule has 3 heterocycles. The Bertz CT molecular complexity index is 1420. The Morgan fingerprint density at radius 1 is 1.17 bits per heavy atom. The van der Waals surface area contributed by atoms with Gasteiger partial charge in [0.2, 0.25) is 0 Å². The van der Waals surface area contributed by atoms with E-state index in [9.17, 15) is 15.0 Å². The maximum atomic E-state index is 13.4. The van der Waals surface area contributed by atoms with Gasteiger partial charge in [-0.15, -0.1) is 11.3 Å². The molecule has 3 fully saturated rings. The predicted octanol–water partition coefficient (Wildman–Crippen LogP) is 3.97. The van der Waals surface area contributed by atoms with E-state index < -0.39 is 17.1 Å². The minimum Gasteiger partial charge on any atom is -0.504 e. The molecule has 186 valence electrons. The molecule has 2 bridgehead atoms. The first-order valence-electron chi connectivity index (χ1n) is 13.2. The van der Waals surface area contributed by atoms with Gasteiger partial charge < -0.3 is 20.3 Å². The van der Waals surface area contributed by atoms with Crippen LogP contribution in [0.1, 0.15) is 53.6 Å². The summed E-state index contributed by atoms with van der Waals surface area (Å²) in [4.78, 5) is 15.9. The largest absolute Gasteiger partial charge is 0.504 e. The van der Waals surface area contributed by atoms with Gasteiger partial charge in [-0.3, -0.25) is 9.69 Å². The number of carbonyl (C=O) groups excluding carboxylic acids is 1. The molecule has 3 aliphatic carbocycles. The molecule has 3 aromatic rings. The van der Waals surface area contributed by atoms with Gasteiger partial charge in [-0.05, 0) is 91.6 Å². The molecule has 36 heavy (non-hydrogen) atoms. The number of phenols is 1. The molecule has 8 rings (SSSR count). The van der Waals surface area contributed by atoms with E-state index in [2.05, 4.69) is 16.3 Å². The number of phenolic OH excluding ortho intramolecular Hbond substituents is 1. The Morgan fingerprint density at radius 3 is 2.92 bits per heavy atom. The number of piperidine rings is 1. The number of nitrogens with one attached hydrogen (secondary N) is 1. The zero-order valence-corrected chi connectivity index (χ0v) is 20.9. The second kappa shape index (κ2) is 7.24. The van der Waals surface area contributed by atoms with Gasteiger partial charge in [-0.25, -0.2) is 0 Å². The lowest BCUT2D eigenvalue weighted by Crippen LogP contribution is -2.78. The van der Waals surface area contributed by atoms with Gasteiger partial charge >= 0.3 is 0 Å². The maximum absolute atomic E-state index is 13.4. The third kappa shape index (κ3) is 2.71. The van der Waals surface area contributed by atoms with Crippen molar-refractivity contribution >= 4 is 27.3 Å². The molecule has 5 aliphatic rings. The highest BCUT2D eigenvalue weighted by Gasteiger charge is 2.73. The SMILES string of the molecule is O=C(N[C@H]1CC[C@@]2(O)[C@H]3Cc4ccc(O)c5c4[C@@]2(CCN3CC2CC2)[C@H]1O5)c1ccc2ccsc2c1. The van der Waals surface area contributed by atoms with Crippen LogP contribution in [-0.4, -0.2) is 57.9 Å². The first kappa shape index (κ1) is 21.5. The molecule has 2 aromatic carbocycles. The Morgan fingerprint density at radius 2 is 2.06 bits per heavy atom. The zero-order valence-electron chi connectivity index (χ0n) is 20.1. The summed E-state index contributed by atoms with van der Waals surface area (Å²) in [6.07, 6.45) is 4.99. The number of fused-ring (bicyclic) bond motifs is 1. The highest BCUT2D eigenvalue weighted by atomic mass is 32.1. The number of amides is 1. The molecule has 7 heteroatoms. The van der Waals surface area contributed by atoms with Crippen LogP contribution < -0.4 is 10.1 Å². The van der Waals surface area contributed by atoms with Crippen LogP contribution in [0.2, 0.25) is 0 Å². The number of hydrogen-bond donors (Lipinski definition) is 3. The van der Waals surface area contributed by atoms with Gasteiger partial charge in [-0.1, -0.05) is 12.1 Å². The van der Waals surface area contributed by atoms with Crippen molar-refractivity contribution in [3.8, 4) is 11.5 Å². The quantitative estimate of drug-likeness (QED) is 0.503. The summed E-state index contributed by atoms with van der Waals surface area (Å²) in [5, 5.41) is 29.8. The van der Waals surface area contributed by atoms with Crippen molar-refractivity contribution in [3.05, 3.63) is 58.5 Å². The highest BCUT2D eigenvalue weighted by Crippen LogP contribution is 2.65. The van der Waals surface area contributed by atoms with E-state index >= 15 is 0 Å². The molecule has 1 amide bonds. The second-order valence-corrected chi connectivity index (χ2v) is 12.5. The molecule has 5 atom stereocenters. The Labute approximate surface area is 213 Å². The van der Waals surface area contributed by atoms with Crippen LogP contribution in [0, 0.1) is 5.92 Å². The van der Waals surface area contributed by atoms with Crippen LogP contribution in [0.3, 0.4) is 0 Å². The van der Waals surface area contributed by atoms with Crippen LogP contribution in [0.25, 0.3) is 10.1 Å². The minimum absolute atomic E-state index is 0.0406. The van der Waals surface area contributed by atoms with E-state index in [-0.39, 0.29) is 23.7 Å². The lowest BCUT2D eigenvalue weighted by atomic mass is 9.48. The van der Waals surface area contributed by atoms with E-state index in [1.54, 1.807) is 17.4 Å². The van der Waals surface area contributed by atoms with Gasteiger partial charge in [-0.2, -0.15) is 0 Å². The number of nitrogens with zero attached hydrogens (tertiary/aromatic N) is 1. The van der Waals surface area contributed by atoms with Crippen molar-refractivity contribution in [3.63, 3.8) is 0 Å². The smallest absolute Gasteiger partial charge is 0.251 e. The topological polar surface area (TPSA) is 82.0 Å². The number of aliphatic hydroxyl groups is 1. The zero-order chi connectivity index (χ0) is 24.2. The van der Waals surface area contributed by atoms with E-state index in [1.165, 1.54) is 18.4 Å². The normalized spacial score (nSPS) is 34.3. The average molecular weight is 503 g/mol. The second-order valence-electron chi connectivity index (χ2n) is 11.6. The minimum atomic E-state index is -0.937. The van der Waals surface area contributed by atoms with Crippen molar-refractivity contribution in [1.29, 1.82) is 0 Å². The van der Waals surface area contributed by atoms with Crippen LogP contribution in [0.15, 0.2) is 41.8 Å². The fourth-order valence-electron chi connectivity index (χ4n) is 7.98. The molecule has 1 spiro atoms. The molecule has 3 N–H and O–H groups in total. The standard InChI is InChI=1S/C29H30N2O4S/c32-21-6-5-18-14-23-29(34)9-7-20(30-27(33)19-4-3-17-8-12-36-22(17)13-19)26-28(29,24(18)25(21)35-26)10-11-31(23)15-16-1-2-16/h3-6,8,12-13,16,20,23,26,32,34H,1-2,7,9-11,14-15H2,(H,30,33)/t20-,23+,26-,28-,29+/m0/s1. The lowest BCUT2D eigenvalue weighted by molar-refractivity contribution is -0.191. The predicted molar refractivity (Wildman–Crippen MR) is 138 cm³/mol. The van der Waals surface area contributed by atoms with Crippen LogP contribution >= 0.6 is 11.3 Å². The van der Waals surface area contributed by atoms with Crippen LogP contribution in [0.4, 0.5) is 0 Å². The maximum Gasteiger partial charge on any atom is 0.251 e.